The number of unbranched alkanes of at least 4 members (excludes halogenated alkanes) is 52. The fourth-order valence-electron chi connectivity index (χ4n) is 11.8. The van der Waals surface area contributed by atoms with E-state index in [1.54, 1.807) is 0 Å². The first-order chi connectivity index (χ1) is 37.8. The van der Waals surface area contributed by atoms with Crippen LogP contribution in [0.15, 0.2) is 0 Å². The van der Waals surface area contributed by atoms with Crippen molar-refractivity contribution in [1.82, 2.24) is 5.32 Å². The number of hydrogen-bond donors (Lipinski definition) is 6. The van der Waals surface area contributed by atoms with Gasteiger partial charge in [0.1, 0.15) is 24.4 Å². The Morgan fingerprint density at radius 3 is 0.922 bits per heavy atom. The van der Waals surface area contributed by atoms with Gasteiger partial charge in [-0.3, -0.25) is 4.79 Å². The van der Waals surface area contributed by atoms with Crippen LogP contribution < -0.4 is 5.32 Å². The lowest BCUT2D eigenvalue weighted by Gasteiger charge is -2.40. The third-order valence-corrected chi connectivity index (χ3v) is 17.2. The number of carbonyl (C=O) groups excluding carboxylic acids is 1. The fraction of sp³-hybridized carbons (Fsp3) is 0.985. The van der Waals surface area contributed by atoms with Crippen molar-refractivity contribution in [3.05, 3.63) is 0 Å². The molecule has 9 nitrogen and oxygen atoms in total. The molecule has 0 aromatic rings. The van der Waals surface area contributed by atoms with Gasteiger partial charge in [-0.2, -0.15) is 0 Å². The van der Waals surface area contributed by atoms with Crippen molar-refractivity contribution in [2.75, 3.05) is 13.2 Å². The molecule has 0 saturated carbocycles. The summed E-state index contributed by atoms with van der Waals surface area (Å²) in [6.07, 6.45) is 66.2. The molecule has 1 amide bonds. The molecule has 77 heavy (non-hydrogen) atoms. The number of nitrogens with one attached hydrogen (secondary N) is 1. The SMILES string of the molecule is CCCCCCCCCCCCCCCCCCCCCCCCCCCCCCCCCCCCCCCC(=O)NC(COC1OC(CO)C(O)C(O)C1O)C(O)CCCCCCCCCCCCCCCCCCC. The Morgan fingerprint density at radius 2 is 0.649 bits per heavy atom. The molecule has 1 fully saturated rings. The minimum absolute atomic E-state index is 0.131. The minimum atomic E-state index is -1.55. The molecule has 0 radical (unpaired) electrons. The van der Waals surface area contributed by atoms with Crippen LogP contribution in [0.25, 0.3) is 0 Å². The number of aliphatic hydroxyl groups is 5. The summed E-state index contributed by atoms with van der Waals surface area (Å²) in [5, 5.41) is 54.8. The number of aliphatic hydroxyl groups excluding tert-OH is 5. The van der Waals surface area contributed by atoms with Gasteiger partial charge in [-0.15, -0.1) is 0 Å². The van der Waals surface area contributed by atoms with Gasteiger partial charge < -0.3 is 40.3 Å². The summed E-state index contributed by atoms with van der Waals surface area (Å²) in [5.41, 5.74) is 0. The van der Waals surface area contributed by atoms with Crippen LogP contribution in [-0.2, 0) is 14.3 Å². The summed E-state index contributed by atoms with van der Waals surface area (Å²) in [6.45, 7) is 3.90. The van der Waals surface area contributed by atoms with E-state index < -0.39 is 49.5 Å². The third kappa shape index (κ3) is 47.4. The van der Waals surface area contributed by atoms with Crippen molar-refractivity contribution >= 4 is 5.91 Å². The monoisotopic (exact) mass is 1090 g/mol. The highest BCUT2D eigenvalue weighted by Gasteiger charge is 2.44. The van der Waals surface area contributed by atoms with Crippen LogP contribution in [0.5, 0.6) is 0 Å². The van der Waals surface area contributed by atoms with Crippen molar-refractivity contribution in [1.29, 1.82) is 0 Å². The molecule has 1 saturated heterocycles. The van der Waals surface area contributed by atoms with Gasteiger partial charge in [-0.1, -0.05) is 354 Å². The molecular formula is C68H135NO8. The maximum absolute atomic E-state index is 13.1. The fourth-order valence-corrected chi connectivity index (χ4v) is 11.8. The van der Waals surface area contributed by atoms with Gasteiger partial charge in [0.25, 0.3) is 0 Å². The second kappa shape index (κ2) is 58.4. The number of amides is 1. The summed E-state index contributed by atoms with van der Waals surface area (Å²) in [7, 11) is 0. The molecule has 6 N–H and O–H groups in total. The highest BCUT2D eigenvalue weighted by Crippen LogP contribution is 2.24. The number of carbonyl (C=O) groups is 1. The number of ether oxygens (including phenoxy) is 2. The van der Waals surface area contributed by atoms with E-state index in [9.17, 15) is 30.3 Å². The molecule has 1 rings (SSSR count). The van der Waals surface area contributed by atoms with Crippen molar-refractivity contribution in [2.24, 2.45) is 0 Å². The molecule has 1 aliphatic heterocycles. The Labute approximate surface area is 478 Å². The zero-order valence-corrected chi connectivity index (χ0v) is 51.5. The number of hydrogen-bond acceptors (Lipinski definition) is 8. The zero-order valence-electron chi connectivity index (χ0n) is 51.5. The van der Waals surface area contributed by atoms with Crippen LogP contribution >= 0.6 is 0 Å². The van der Waals surface area contributed by atoms with E-state index in [2.05, 4.69) is 19.2 Å². The van der Waals surface area contributed by atoms with Crippen LogP contribution in [-0.4, -0.2) is 87.5 Å². The standard InChI is InChI=1S/C68H135NO8/c1-3-5-7-9-11-13-15-17-19-21-22-23-24-25-26-27-28-29-30-31-32-33-34-35-36-37-38-39-40-42-44-46-48-50-52-54-56-58-64(72)69-61(60-76-68-67(75)66(74)65(73)63(59-70)77-68)62(71)57-55-53-51-49-47-45-43-41-20-18-16-14-12-10-8-6-4-2/h61-63,65-68,70-71,73-75H,3-60H2,1-2H3,(H,69,72). The lowest BCUT2D eigenvalue weighted by atomic mass is 9.99. The van der Waals surface area contributed by atoms with E-state index in [4.69, 9.17) is 9.47 Å². The molecule has 7 atom stereocenters. The predicted molar refractivity (Wildman–Crippen MR) is 328 cm³/mol. The molecule has 9 heteroatoms. The van der Waals surface area contributed by atoms with E-state index in [0.29, 0.717) is 12.8 Å². The average molecular weight is 1090 g/mol. The van der Waals surface area contributed by atoms with Gasteiger partial charge in [0.2, 0.25) is 5.91 Å². The molecule has 7 unspecified atom stereocenters. The highest BCUT2D eigenvalue weighted by molar-refractivity contribution is 5.76. The van der Waals surface area contributed by atoms with Gasteiger partial charge in [0, 0.05) is 6.42 Å². The largest absolute Gasteiger partial charge is 0.394 e. The Morgan fingerprint density at radius 1 is 0.390 bits per heavy atom. The molecular weight excluding hydrogens is 959 g/mol. The van der Waals surface area contributed by atoms with Crippen LogP contribution in [0.3, 0.4) is 0 Å². The topological polar surface area (TPSA) is 149 Å². The van der Waals surface area contributed by atoms with Gasteiger partial charge in [-0.05, 0) is 12.8 Å². The zero-order chi connectivity index (χ0) is 55.8. The molecule has 0 aromatic carbocycles. The Kier molecular flexibility index (Phi) is 56.3. The summed E-state index contributed by atoms with van der Waals surface area (Å²) in [5.74, 6) is -0.134. The summed E-state index contributed by atoms with van der Waals surface area (Å²) in [6, 6.07) is -0.714. The summed E-state index contributed by atoms with van der Waals surface area (Å²) in [4.78, 5) is 13.1. The molecule has 0 aliphatic carbocycles. The lowest BCUT2D eigenvalue weighted by molar-refractivity contribution is -0.302. The van der Waals surface area contributed by atoms with Gasteiger partial charge in [0.15, 0.2) is 6.29 Å². The summed E-state index contributed by atoms with van der Waals surface area (Å²) < 4.78 is 11.3. The molecule has 0 bridgehead atoms. The van der Waals surface area contributed by atoms with Crippen molar-refractivity contribution in [2.45, 2.75) is 416 Å². The van der Waals surface area contributed by atoms with Gasteiger partial charge in [0.05, 0.1) is 25.4 Å². The van der Waals surface area contributed by atoms with Crippen LogP contribution in [0.1, 0.15) is 373 Å². The Balaban J connectivity index is 2.03. The highest BCUT2D eigenvalue weighted by atomic mass is 16.7. The lowest BCUT2D eigenvalue weighted by Crippen LogP contribution is -2.60. The van der Waals surface area contributed by atoms with Gasteiger partial charge >= 0.3 is 0 Å². The summed E-state index contributed by atoms with van der Waals surface area (Å²) >= 11 is 0. The first-order valence-corrected chi connectivity index (χ1v) is 34.7. The van der Waals surface area contributed by atoms with Crippen molar-refractivity contribution < 1.29 is 39.8 Å². The second-order valence-corrected chi connectivity index (χ2v) is 24.7. The Bertz CT molecular complexity index is 1180. The quantitative estimate of drug-likeness (QED) is 0.0330. The first kappa shape index (κ1) is 74.2. The van der Waals surface area contributed by atoms with Crippen LogP contribution in [0, 0.1) is 0 Å². The van der Waals surface area contributed by atoms with Crippen LogP contribution in [0.4, 0.5) is 0 Å². The Hall–Kier alpha value is -0.810. The van der Waals surface area contributed by atoms with E-state index in [1.807, 2.05) is 0 Å². The minimum Gasteiger partial charge on any atom is -0.394 e. The van der Waals surface area contributed by atoms with E-state index >= 15 is 0 Å². The maximum Gasteiger partial charge on any atom is 0.220 e. The molecule has 1 aliphatic rings. The average Bonchev–Trinajstić information content (AvgIpc) is 3.43. The maximum atomic E-state index is 13.1. The molecule has 0 spiro atoms. The van der Waals surface area contributed by atoms with Crippen molar-refractivity contribution in [3.63, 3.8) is 0 Å². The normalized spacial score (nSPS) is 18.6. The smallest absolute Gasteiger partial charge is 0.220 e. The van der Waals surface area contributed by atoms with E-state index in [0.717, 1.165) is 38.5 Å². The molecule has 1 heterocycles. The number of rotatable bonds is 62. The van der Waals surface area contributed by atoms with Crippen molar-refractivity contribution in [3.8, 4) is 0 Å². The second-order valence-electron chi connectivity index (χ2n) is 24.7. The first-order valence-electron chi connectivity index (χ1n) is 34.7. The predicted octanol–water partition coefficient (Wildman–Crippen LogP) is 18.5. The van der Waals surface area contributed by atoms with Crippen LogP contribution in [0.2, 0.25) is 0 Å². The molecule has 460 valence electrons. The third-order valence-electron chi connectivity index (χ3n) is 17.2. The van der Waals surface area contributed by atoms with E-state index in [1.165, 1.54) is 308 Å². The molecule has 0 aromatic heterocycles. The van der Waals surface area contributed by atoms with E-state index in [-0.39, 0.29) is 12.5 Å². The van der Waals surface area contributed by atoms with Gasteiger partial charge in [-0.25, -0.2) is 0 Å².